The standard InChI is InChI=1S/C81H87Si.3ClH.Ti/c1-50-17-51(2)24-66(23-50)35-72-41-73(36-67-25-52(3)18-53(4)26-67)45-78(44-72)82(81-64(15)62(13)63(14)65(81)16,79-46-74(37-68-27-54(5)19-55(6)28-68)42-75(47-79)38-69-29-56(7)20-57(8)30-69)80-48-76(39-70-31-58(9)21-59(10)32-70)43-77(49-80)40-71-33-60(11)22-61(12)34-71;;;;/h17-34,41-49H,35-40H2,1-16H3;3*1H;/q-1;;;;+4/p-3. The van der Waals surface area contributed by atoms with Gasteiger partial charge in [0.15, 0.2) is 8.07 Å². The van der Waals surface area contributed by atoms with E-state index >= 15 is 0 Å². The Morgan fingerprint density at radius 2 is 0.395 bits per heavy atom. The Morgan fingerprint density at radius 1 is 0.233 bits per heavy atom. The van der Waals surface area contributed by atoms with Crippen molar-refractivity contribution in [2.24, 2.45) is 0 Å². The first kappa shape index (κ1) is 69.2. The molecule has 0 saturated carbocycles. The Kier molecular flexibility index (Phi) is 23.3. The van der Waals surface area contributed by atoms with Crippen molar-refractivity contribution in [2.45, 2.75) is 149 Å². The van der Waals surface area contributed by atoms with Gasteiger partial charge in [0.25, 0.3) is 0 Å². The van der Waals surface area contributed by atoms with E-state index in [2.05, 4.69) is 275 Å². The van der Waals surface area contributed by atoms with Gasteiger partial charge in [-0.1, -0.05) is 258 Å². The molecule has 5 heteroatoms. The molecule has 0 amide bonds. The second kappa shape index (κ2) is 29.0. The summed E-state index contributed by atoms with van der Waals surface area (Å²) in [6.07, 6.45) is 5.13. The number of hydrogen-bond acceptors (Lipinski definition) is 0. The van der Waals surface area contributed by atoms with E-state index in [0.717, 1.165) is 38.5 Å². The van der Waals surface area contributed by atoms with Gasteiger partial charge in [-0.05, 0) is 204 Å². The predicted octanol–water partition coefficient (Wildman–Crippen LogP) is 8.27. The topological polar surface area (TPSA) is 0 Å². The third kappa shape index (κ3) is 16.1. The molecule has 0 aliphatic heterocycles. The van der Waals surface area contributed by atoms with Crippen LogP contribution in [0.2, 0.25) is 0 Å². The maximum atomic E-state index is 2.70. The fourth-order valence-electron chi connectivity index (χ4n) is 14.7. The largest absolute Gasteiger partial charge is 4.00 e. The van der Waals surface area contributed by atoms with Crippen LogP contribution in [-0.4, -0.2) is 8.07 Å². The van der Waals surface area contributed by atoms with Gasteiger partial charge in [-0.2, -0.15) is 27.4 Å². The van der Waals surface area contributed by atoms with Crippen molar-refractivity contribution < 1.29 is 58.9 Å². The van der Waals surface area contributed by atoms with Gasteiger partial charge < -0.3 is 37.2 Å². The van der Waals surface area contributed by atoms with Gasteiger partial charge in [0, 0.05) is 0 Å². The summed E-state index contributed by atoms with van der Waals surface area (Å²) in [6, 6.07) is 66.7. The molecular formula is C81H87Cl3SiTi. The molecule has 0 saturated heterocycles. The summed E-state index contributed by atoms with van der Waals surface area (Å²) >= 11 is 0. The number of halogens is 3. The molecular weight excluding hydrogens is 1160 g/mol. The van der Waals surface area contributed by atoms with Crippen LogP contribution in [0.1, 0.15) is 156 Å². The summed E-state index contributed by atoms with van der Waals surface area (Å²) in [7, 11) is -3.42. The van der Waals surface area contributed by atoms with E-state index in [1.54, 1.807) is 5.19 Å². The van der Waals surface area contributed by atoms with Crippen molar-refractivity contribution in [3.63, 3.8) is 0 Å². The van der Waals surface area contributed by atoms with Crippen LogP contribution in [0.3, 0.4) is 0 Å². The van der Waals surface area contributed by atoms with Crippen LogP contribution in [0, 0.1) is 111 Å². The zero-order chi connectivity index (χ0) is 58.3. The zero-order valence-corrected chi connectivity index (χ0v) is 58.8. The predicted molar refractivity (Wildman–Crippen MR) is 357 cm³/mol. The first-order valence-electron chi connectivity index (χ1n) is 30.1. The minimum absolute atomic E-state index is 0. The van der Waals surface area contributed by atoms with E-state index < -0.39 is 8.07 Å². The van der Waals surface area contributed by atoms with Crippen LogP contribution < -0.4 is 58.0 Å². The molecule has 0 heterocycles. The summed E-state index contributed by atoms with van der Waals surface area (Å²) in [5.41, 5.74) is 37.9. The van der Waals surface area contributed by atoms with Crippen LogP contribution in [0.15, 0.2) is 164 Å². The fraction of sp³-hybridized carbons (Fsp3) is 0.272. The molecule has 10 aromatic carbocycles. The van der Waals surface area contributed by atoms with Crippen molar-refractivity contribution in [1.29, 1.82) is 0 Å². The summed E-state index contributed by atoms with van der Waals surface area (Å²) in [4.78, 5) is 0. The fourth-order valence-corrected chi connectivity index (χ4v) is 20.5. The average molecular weight is 1240 g/mol. The zero-order valence-electron chi connectivity index (χ0n) is 54.0. The normalized spacial score (nSPS) is 11.2. The van der Waals surface area contributed by atoms with Crippen LogP contribution in [0.4, 0.5) is 0 Å². The molecule has 440 valence electrons. The Morgan fingerprint density at radius 3 is 0.547 bits per heavy atom. The maximum Gasteiger partial charge on any atom is 4.00 e. The molecule has 0 radical (unpaired) electrons. The van der Waals surface area contributed by atoms with E-state index in [-0.39, 0.29) is 58.9 Å². The molecule has 0 N–H and O–H groups in total. The molecule has 0 aliphatic carbocycles. The Balaban J connectivity index is 0.00000296. The molecule has 0 atom stereocenters. The number of benzene rings is 9. The SMILES string of the molecule is Cc1cc(C)cc(Cc2cc(Cc3cc(C)cc(C)c3)cc([Si](c3cc(Cc4cc(C)cc(C)c4)cc(Cc4cc(C)cc(C)c4)c3)(c3cc(Cc4cc(C)cc(C)c4)cc(Cc4cc(C)cc(C)c4)c3)c3c(C)c(C)c(C)[c-]3C)c2)c1.[Cl-].[Cl-].[Cl-].[Ti+4]. The third-order valence-corrected chi connectivity index (χ3v) is 22.4. The molecule has 0 fully saturated rings. The van der Waals surface area contributed by atoms with Crippen molar-refractivity contribution in [3.05, 3.63) is 320 Å². The second-order valence-electron chi connectivity index (χ2n) is 25.8. The van der Waals surface area contributed by atoms with Crippen LogP contribution in [0.25, 0.3) is 0 Å². The third-order valence-electron chi connectivity index (χ3n) is 17.4. The van der Waals surface area contributed by atoms with Crippen LogP contribution in [0.5, 0.6) is 0 Å². The van der Waals surface area contributed by atoms with Gasteiger partial charge in [-0.3, -0.25) is 0 Å². The van der Waals surface area contributed by atoms with E-state index in [4.69, 9.17) is 0 Å². The molecule has 10 rings (SSSR count). The van der Waals surface area contributed by atoms with Crippen LogP contribution in [-0.2, 0) is 60.2 Å². The summed E-state index contributed by atoms with van der Waals surface area (Å²) in [5.74, 6) is 0. The molecule has 0 bridgehead atoms. The minimum atomic E-state index is -3.42. The quantitative estimate of drug-likeness (QED) is 0.0520. The first-order valence-corrected chi connectivity index (χ1v) is 32.1. The second-order valence-corrected chi connectivity index (χ2v) is 29.5. The number of hydrogen-bond donors (Lipinski definition) is 0. The Hall–Kier alpha value is -5.87. The van der Waals surface area contributed by atoms with Gasteiger partial charge in [-0.15, -0.1) is 0 Å². The van der Waals surface area contributed by atoms with Crippen molar-refractivity contribution in [1.82, 2.24) is 0 Å². The van der Waals surface area contributed by atoms with E-state index in [1.807, 2.05) is 0 Å². The minimum Gasteiger partial charge on any atom is -1.00 e. The van der Waals surface area contributed by atoms with Gasteiger partial charge in [0.1, 0.15) is 0 Å². The number of aryl methyl sites for hydroxylation is 12. The van der Waals surface area contributed by atoms with Gasteiger partial charge in [-0.25, -0.2) is 0 Å². The Labute approximate surface area is 552 Å². The summed E-state index contributed by atoms with van der Waals surface area (Å²) in [6.45, 7) is 36.8. The number of rotatable bonds is 16. The molecule has 0 spiro atoms. The monoisotopic (exact) mass is 1240 g/mol. The van der Waals surface area contributed by atoms with Gasteiger partial charge >= 0.3 is 21.7 Å². The summed E-state index contributed by atoms with van der Waals surface area (Å²) < 4.78 is 0. The Bertz CT molecular complexity index is 3350. The average Bonchev–Trinajstić information content (AvgIpc) is 1.28. The smallest absolute Gasteiger partial charge is 1.00 e. The van der Waals surface area contributed by atoms with Crippen molar-refractivity contribution >= 4 is 28.8 Å². The molecule has 0 nitrogen and oxygen atoms in total. The first-order chi connectivity index (χ1) is 39.0. The maximum absolute atomic E-state index is 3.42. The summed E-state index contributed by atoms with van der Waals surface area (Å²) in [5, 5.41) is 5.94. The van der Waals surface area contributed by atoms with Crippen molar-refractivity contribution in [2.75, 3.05) is 0 Å². The van der Waals surface area contributed by atoms with E-state index in [0.29, 0.717) is 0 Å². The molecule has 10 aromatic rings. The van der Waals surface area contributed by atoms with Crippen molar-refractivity contribution in [3.8, 4) is 0 Å². The van der Waals surface area contributed by atoms with Gasteiger partial charge in [0.2, 0.25) is 0 Å². The van der Waals surface area contributed by atoms with E-state index in [1.165, 1.54) is 171 Å². The molecule has 86 heavy (non-hydrogen) atoms. The molecule has 0 aliphatic rings. The van der Waals surface area contributed by atoms with Gasteiger partial charge in [0.05, 0.1) is 0 Å². The molecule has 0 aromatic heterocycles. The van der Waals surface area contributed by atoms with Crippen LogP contribution >= 0.6 is 0 Å². The van der Waals surface area contributed by atoms with E-state index in [9.17, 15) is 0 Å². The molecule has 0 unspecified atom stereocenters.